The van der Waals surface area contributed by atoms with Gasteiger partial charge in [0.2, 0.25) is 11.8 Å². The zero-order valence-corrected chi connectivity index (χ0v) is 22.2. The maximum Gasteiger partial charge on any atom is 0.416 e. The highest BCUT2D eigenvalue weighted by molar-refractivity contribution is 6.04. The van der Waals surface area contributed by atoms with Crippen LogP contribution in [0.25, 0.3) is 5.57 Å². The van der Waals surface area contributed by atoms with Crippen molar-refractivity contribution in [3.05, 3.63) is 59.4 Å². The standard InChI is InChI=1S/C27H28F6N4O4/c1-34-12-10-23(38)36-16-21-20(22-9-8-19(40-2)15-35-22)14-25(27(31,32)33,37-24(21)39)17-4-6-18(7-5-17)41-13-3-11-26(28,29)30/h4-9,12,15H,3,10-11,13-14,16H2,1-2H3,(H,36,38)(H,37,39)/t25-/m0/s1. The lowest BCUT2D eigenvalue weighted by atomic mass is 9.77. The quantitative estimate of drug-likeness (QED) is 0.225. The van der Waals surface area contributed by atoms with Crippen LogP contribution in [0.4, 0.5) is 26.3 Å². The zero-order valence-electron chi connectivity index (χ0n) is 22.2. The van der Waals surface area contributed by atoms with Crippen molar-refractivity contribution < 1.29 is 45.4 Å². The first-order chi connectivity index (χ1) is 19.3. The van der Waals surface area contributed by atoms with E-state index in [4.69, 9.17) is 9.47 Å². The normalized spacial score (nSPS) is 17.9. The highest BCUT2D eigenvalue weighted by Gasteiger charge is 2.59. The average molecular weight is 587 g/mol. The Bertz CT molecular complexity index is 1270. The van der Waals surface area contributed by atoms with Gasteiger partial charge in [-0.2, -0.15) is 26.3 Å². The zero-order chi connectivity index (χ0) is 30.3. The third-order valence-corrected chi connectivity index (χ3v) is 6.31. The Morgan fingerprint density at radius 2 is 1.80 bits per heavy atom. The van der Waals surface area contributed by atoms with Gasteiger partial charge >= 0.3 is 12.4 Å². The number of hydrogen-bond acceptors (Lipinski definition) is 6. The molecule has 0 fully saturated rings. The first kappa shape index (κ1) is 31.4. The lowest BCUT2D eigenvalue weighted by molar-refractivity contribution is -0.201. The topological polar surface area (TPSA) is 102 Å². The maximum atomic E-state index is 14.8. The summed E-state index contributed by atoms with van der Waals surface area (Å²) in [7, 11) is 2.87. The number of nitrogens with one attached hydrogen (secondary N) is 2. The Balaban J connectivity index is 1.97. The molecule has 0 saturated carbocycles. The molecule has 0 saturated heterocycles. The van der Waals surface area contributed by atoms with Gasteiger partial charge in [-0.05, 0) is 41.8 Å². The number of aromatic nitrogens is 1. The number of hydrogen-bond donors (Lipinski definition) is 2. The molecule has 2 aromatic rings. The van der Waals surface area contributed by atoms with E-state index < -0.39 is 42.5 Å². The number of benzene rings is 1. The first-order valence-corrected chi connectivity index (χ1v) is 12.4. The summed E-state index contributed by atoms with van der Waals surface area (Å²) in [6, 6.07) is 7.49. The van der Waals surface area contributed by atoms with Crippen LogP contribution in [0.15, 0.2) is 53.2 Å². The van der Waals surface area contributed by atoms with Crippen LogP contribution in [0.3, 0.4) is 0 Å². The fourth-order valence-electron chi connectivity index (χ4n) is 4.17. The molecule has 0 aliphatic carbocycles. The molecular weight excluding hydrogens is 558 g/mol. The first-order valence-electron chi connectivity index (χ1n) is 12.4. The van der Waals surface area contributed by atoms with Gasteiger partial charge in [-0.25, -0.2) is 0 Å². The van der Waals surface area contributed by atoms with Crippen molar-refractivity contribution in [2.75, 3.05) is 27.3 Å². The minimum atomic E-state index is -4.98. The average Bonchev–Trinajstić information content (AvgIpc) is 2.92. The smallest absolute Gasteiger partial charge is 0.416 e. The lowest BCUT2D eigenvalue weighted by Gasteiger charge is -2.41. The Morgan fingerprint density at radius 3 is 2.37 bits per heavy atom. The van der Waals surface area contributed by atoms with Gasteiger partial charge in [0.15, 0.2) is 5.54 Å². The van der Waals surface area contributed by atoms with Crippen molar-refractivity contribution in [2.24, 2.45) is 4.99 Å². The highest BCUT2D eigenvalue weighted by atomic mass is 19.4. The van der Waals surface area contributed by atoms with Crippen molar-refractivity contribution in [3.63, 3.8) is 0 Å². The number of aliphatic imine (C=N–C) groups is 1. The van der Waals surface area contributed by atoms with Gasteiger partial charge in [-0.15, -0.1) is 0 Å². The Kier molecular flexibility index (Phi) is 10.00. The minimum Gasteiger partial charge on any atom is -0.495 e. The molecule has 2 amide bonds. The number of amides is 2. The van der Waals surface area contributed by atoms with E-state index >= 15 is 0 Å². The van der Waals surface area contributed by atoms with Crippen LogP contribution in [0, 0.1) is 0 Å². The van der Waals surface area contributed by atoms with E-state index in [9.17, 15) is 35.9 Å². The number of halogens is 6. The van der Waals surface area contributed by atoms with Crippen LogP contribution in [-0.2, 0) is 15.1 Å². The molecule has 1 atom stereocenters. The van der Waals surface area contributed by atoms with E-state index in [0.29, 0.717) is 5.75 Å². The van der Waals surface area contributed by atoms with Crippen molar-refractivity contribution >= 4 is 23.6 Å². The molecule has 14 heteroatoms. The fraction of sp³-hybridized carbons (Fsp3) is 0.407. The second-order valence-corrected chi connectivity index (χ2v) is 9.09. The van der Waals surface area contributed by atoms with Gasteiger partial charge in [-0.1, -0.05) is 12.1 Å². The summed E-state index contributed by atoms with van der Waals surface area (Å²) >= 11 is 0. The Labute approximate surface area is 231 Å². The number of rotatable bonds is 11. The fourth-order valence-corrected chi connectivity index (χ4v) is 4.17. The summed E-state index contributed by atoms with van der Waals surface area (Å²) in [5, 5.41) is 4.61. The van der Waals surface area contributed by atoms with E-state index in [1.807, 2.05) is 0 Å². The van der Waals surface area contributed by atoms with Crippen LogP contribution in [-0.4, -0.2) is 62.7 Å². The summed E-state index contributed by atoms with van der Waals surface area (Å²) < 4.78 is 91.8. The van der Waals surface area contributed by atoms with Crippen LogP contribution in [0.2, 0.25) is 0 Å². The van der Waals surface area contributed by atoms with Gasteiger partial charge in [0, 0.05) is 38.2 Å². The van der Waals surface area contributed by atoms with E-state index in [2.05, 4.69) is 20.6 Å². The second kappa shape index (κ2) is 13.0. The van der Waals surface area contributed by atoms with E-state index in [0.717, 1.165) is 12.1 Å². The summed E-state index contributed by atoms with van der Waals surface area (Å²) in [5.74, 6) is -1.13. The summed E-state index contributed by atoms with van der Waals surface area (Å²) in [4.78, 5) is 33.3. The molecule has 0 spiro atoms. The second-order valence-electron chi connectivity index (χ2n) is 9.09. The van der Waals surface area contributed by atoms with Crippen LogP contribution >= 0.6 is 0 Å². The summed E-state index contributed by atoms with van der Waals surface area (Å²) in [6.07, 6.45) is -8.91. The largest absolute Gasteiger partial charge is 0.495 e. The van der Waals surface area contributed by atoms with E-state index in [-0.39, 0.29) is 54.1 Å². The van der Waals surface area contributed by atoms with Gasteiger partial charge < -0.3 is 25.1 Å². The van der Waals surface area contributed by atoms with Crippen molar-refractivity contribution in [2.45, 2.75) is 43.6 Å². The molecule has 1 aliphatic rings. The Morgan fingerprint density at radius 1 is 1.12 bits per heavy atom. The molecule has 1 aliphatic heterocycles. The number of ether oxygens (including phenoxy) is 2. The lowest BCUT2D eigenvalue weighted by Crippen LogP contribution is -2.59. The SMILES string of the molecule is CN=CCC(=O)NCC1=C(c2ccc(OC)cn2)C[C@](c2ccc(OCCCC(F)(F)F)cc2)(C(F)(F)F)NC1=O. The van der Waals surface area contributed by atoms with E-state index in [1.165, 1.54) is 50.8 Å². The van der Waals surface area contributed by atoms with Crippen LogP contribution in [0.5, 0.6) is 11.5 Å². The molecule has 2 N–H and O–H groups in total. The molecule has 222 valence electrons. The molecule has 0 unspecified atom stereocenters. The summed E-state index contributed by atoms with van der Waals surface area (Å²) in [6.45, 7) is -0.640. The minimum absolute atomic E-state index is 0.0364. The van der Waals surface area contributed by atoms with Gasteiger partial charge in [0.25, 0.3) is 0 Å². The number of nitrogens with zero attached hydrogens (tertiary/aromatic N) is 2. The predicted molar refractivity (Wildman–Crippen MR) is 137 cm³/mol. The van der Waals surface area contributed by atoms with Crippen LogP contribution in [0.1, 0.15) is 36.9 Å². The molecule has 8 nitrogen and oxygen atoms in total. The highest BCUT2D eigenvalue weighted by Crippen LogP contribution is 2.48. The van der Waals surface area contributed by atoms with Crippen molar-refractivity contribution in [1.82, 2.24) is 15.6 Å². The number of alkyl halides is 6. The third kappa shape index (κ3) is 7.98. The monoisotopic (exact) mass is 586 g/mol. The molecular formula is C27H28F6N4O4. The predicted octanol–water partition coefficient (Wildman–Crippen LogP) is 4.75. The molecule has 1 aromatic heterocycles. The molecule has 3 rings (SSSR count). The number of pyridine rings is 1. The van der Waals surface area contributed by atoms with E-state index in [1.54, 1.807) is 0 Å². The molecule has 1 aromatic carbocycles. The van der Waals surface area contributed by atoms with Crippen LogP contribution < -0.4 is 20.1 Å². The molecule has 0 bridgehead atoms. The van der Waals surface area contributed by atoms with Gasteiger partial charge in [0.05, 0.1) is 32.0 Å². The maximum absolute atomic E-state index is 14.8. The number of carbonyl (C=O) groups is 2. The number of methoxy groups -OCH3 is 1. The third-order valence-electron chi connectivity index (χ3n) is 6.31. The van der Waals surface area contributed by atoms with Gasteiger partial charge in [0.1, 0.15) is 11.5 Å². The molecule has 2 heterocycles. The van der Waals surface area contributed by atoms with Gasteiger partial charge in [-0.3, -0.25) is 14.6 Å². The van der Waals surface area contributed by atoms with Crippen molar-refractivity contribution in [3.8, 4) is 11.5 Å². The van der Waals surface area contributed by atoms with Crippen molar-refractivity contribution in [1.29, 1.82) is 0 Å². The Hall–Kier alpha value is -4.10. The number of carbonyl (C=O) groups excluding carboxylic acids is 2. The molecule has 0 radical (unpaired) electrons. The summed E-state index contributed by atoms with van der Waals surface area (Å²) in [5.41, 5.74) is -3.26. The molecule has 41 heavy (non-hydrogen) atoms.